The maximum Gasteiger partial charge on any atom is 0.125 e. The Balaban J connectivity index is 2.34. The number of fused-ring (bicyclic) bond motifs is 1. The number of aromatic nitrogens is 1. The number of rotatable bonds is 0. The van der Waals surface area contributed by atoms with Gasteiger partial charge in [0.05, 0.1) is 6.10 Å². The third-order valence-electron chi connectivity index (χ3n) is 1.75. The molecular weight excluding hydrogens is 142 g/mol. The van der Waals surface area contributed by atoms with Crippen molar-refractivity contribution in [3.63, 3.8) is 0 Å². The van der Waals surface area contributed by atoms with Gasteiger partial charge in [0.15, 0.2) is 0 Å². The van der Waals surface area contributed by atoms with Crippen molar-refractivity contribution in [1.29, 1.82) is 0 Å². The molecule has 1 aliphatic heterocycles. The maximum absolute atomic E-state index is 9.20. The molecule has 0 saturated carbocycles. The molecule has 0 amide bonds. The second-order valence-electron chi connectivity index (χ2n) is 2.65. The molecule has 0 aromatic carbocycles. The fourth-order valence-electron chi connectivity index (χ4n) is 1.21. The Hall–Kier alpha value is -1.09. The zero-order valence-electron chi connectivity index (χ0n) is 6.03. The Kier molecular flexibility index (Phi) is 1.51. The maximum atomic E-state index is 9.20. The van der Waals surface area contributed by atoms with Crippen LogP contribution in [0, 0.1) is 0 Å². The van der Waals surface area contributed by atoms with E-state index in [0.717, 1.165) is 11.3 Å². The van der Waals surface area contributed by atoms with Gasteiger partial charge in [0.2, 0.25) is 0 Å². The summed E-state index contributed by atoms with van der Waals surface area (Å²) in [5.41, 5.74) is 0.992. The molecule has 0 radical (unpaired) electrons. The van der Waals surface area contributed by atoms with Gasteiger partial charge in [-0.25, -0.2) is 0 Å². The van der Waals surface area contributed by atoms with E-state index in [-0.39, 0.29) is 6.10 Å². The predicted octanol–water partition coefficient (Wildman–Crippen LogP) is 0.377. The van der Waals surface area contributed by atoms with Crippen molar-refractivity contribution in [3.05, 3.63) is 24.0 Å². The number of nitrogens with zero attached hydrogens (tertiary/aromatic N) is 1. The molecule has 0 fully saturated rings. The van der Waals surface area contributed by atoms with Crippen molar-refractivity contribution in [3.8, 4) is 5.75 Å². The molecule has 1 aromatic rings. The molecule has 1 aromatic heterocycles. The standard InChI is InChI=1S/C8H9NO2/c10-7-3-6-4-9-2-1-8(6)11-5-7/h1-2,4,7,10H,3,5H2. The lowest BCUT2D eigenvalue weighted by Gasteiger charge is -2.20. The second-order valence-corrected chi connectivity index (χ2v) is 2.65. The molecule has 1 aliphatic rings. The van der Waals surface area contributed by atoms with Gasteiger partial charge >= 0.3 is 0 Å². The number of pyridine rings is 1. The summed E-state index contributed by atoms with van der Waals surface area (Å²) < 4.78 is 5.25. The lowest BCUT2D eigenvalue weighted by Crippen LogP contribution is -2.25. The Morgan fingerprint density at radius 3 is 3.45 bits per heavy atom. The quantitative estimate of drug-likeness (QED) is 0.582. The lowest BCUT2D eigenvalue weighted by molar-refractivity contribution is 0.0919. The Morgan fingerprint density at radius 2 is 2.55 bits per heavy atom. The molecule has 1 N–H and O–H groups in total. The van der Waals surface area contributed by atoms with Gasteiger partial charge in [-0.3, -0.25) is 4.98 Å². The van der Waals surface area contributed by atoms with Crippen LogP contribution in [-0.2, 0) is 6.42 Å². The van der Waals surface area contributed by atoms with Gasteiger partial charge in [-0.1, -0.05) is 0 Å². The van der Waals surface area contributed by atoms with E-state index in [9.17, 15) is 5.11 Å². The average molecular weight is 151 g/mol. The third kappa shape index (κ3) is 1.19. The highest BCUT2D eigenvalue weighted by Gasteiger charge is 2.16. The molecule has 0 bridgehead atoms. The van der Waals surface area contributed by atoms with Crippen LogP contribution in [0.3, 0.4) is 0 Å². The highest BCUT2D eigenvalue weighted by atomic mass is 16.5. The molecule has 1 unspecified atom stereocenters. The minimum absolute atomic E-state index is 0.369. The van der Waals surface area contributed by atoms with Gasteiger partial charge in [0.1, 0.15) is 12.4 Å². The van der Waals surface area contributed by atoms with Gasteiger partial charge < -0.3 is 9.84 Å². The van der Waals surface area contributed by atoms with Crippen LogP contribution < -0.4 is 4.74 Å². The highest BCUT2D eigenvalue weighted by Crippen LogP contribution is 2.22. The van der Waals surface area contributed by atoms with Crippen LogP contribution in [0.4, 0.5) is 0 Å². The summed E-state index contributed by atoms with van der Waals surface area (Å²) >= 11 is 0. The number of hydrogen-bond donors (Lipinski definition) is 1. The zero-order chi connectivity index (χ0) is 7.68. The topological polar surface area (TPSA) is 42.4 Å². The van der Waals surface area contributed by atoms with Crippen LogP contribution in [-0.4, -0.2) is 22.8 Å². The molecule has 0 aliphatic carbocycles. The van der Waals surface area contributed by atoms with Gasteiger partial charge in [0.25, 0.3) is 0 Å². The van der Waals surface area contributed by atoms with E-state index in [2.05, 4.69) is 4.98 Å². The van der Waals surface area contributed by atoms with Crippen molar-refractivity contribution in [2.45, 2.75) is 12.5 Å². The van der Waals surface area contributed by atoms with E-state index in [1.807, 2.05) is 6.07 Å². The van der Waals surface area contributed by atoms with Crippen molar-refractivity contribution in [2.75, 3.05) is 6.61 Å². The zero-order valence-corrected chi connectivity index (χ0v) is 6.03. The molecular formula is C8H9NO2. The van der Waals surface area contributed by atoms with Crippen molar-refractivity contribution >= 4 is 0 Å². The third-order valence-corrected chi connectivity index (χ3v) is 1.75. The molecule has 2 heterocycles. The number of ether oxygens (including phenoxy) is 1. The minimum Gasteiger partial charge on any atom is -0.490 e. The van der Waals surface area contributed by atoms with Gasteiger partial charge in [-0.2, -0.15) is 0 Å². The highest BCUT2D eigenvalue weighted by molar-refractivity contribution is 5.32. The van der Waals surface area contributed by atoms with Gasteiger partial charge in [-0.15, -0.1) is 0 Å². The molecule has 58 valence electrons. The van der Waals surface area contributed by atoms with E-state index in [0.29, 0.717) is 13.0 Å². The van der Waals surface area contributed by atoms with Crippen LogP contribution in [0.1, 0.15) is 5.56 Å². The predicted molar refractivity (Wildman–Crippen MR) is 39.4 cm³/mol. The number of hydrogen-bond acceptors (Lipinski definition) is 3. The summed E-state index contributed by atoms with van der Waals surface area (Å²) in [6.07, 6.45) is 3.71. The van der Waals surface area contributed by atoms with Crippen molar-refractivity contribution in [2.24, 2.45) is 0 Å². The van der Waals surface area contributed by atoms with Crippen LogP contribution in [0.25, 0.3) is 0 Å². The number of aliphatic hydroxyl groups excluding tert-OH is 1. The Morgan fingerprint density at radius 1 is 1.64 bits per heavy atom. The largest absolute Gasteiger partial charge is 0.490 e. The molecule has 0 saturated heterocycles. The monoisotopic (exact) mass is 151 g/mol. The smallest absolute Gasteiger partial charge is 0.125 e. The van der Waals surface area contributed by atoms with E-state index in [1.54, 1.807) is 12.4 Å². The molecule has 2 rings (SSSR count). The first kappa shape index (κ1) is 6.61. The van der Waals surface area contributed by atoms with Crippen LogP contribution in [0.15, 0.2) is 18.5 Å². The SMILES string of the molecule is OC1COc2ccncc2C1. The molecule has 3 nitrogen and oxygen atoms in total. The van der Waals surface area contributed by atoms with Crippen LogP contribution in [0.2, 0.25) is 0 Å². The molecule has 1 atom stereocenters. The molecule has 3 heteroatoms. The summed E-state index contributed by atoms with van der Waals surface area (Å²) in [4.78, 5) is 3.94. The fraction of sp³-hybridized carbons (Fsp3) is 0.375. The van der Waals surface area contributed by atoms with Crippen molar-refractivity contribution < 1.29 is 9.84 Å². The first-order chi connectivity index (χ1) is 5.36. The van der Waals surface area contributed by atoms with E-state index in [1.165, 1.54) is 0 Å². The molecule has 0 spiro atoms. The Bertz CT molecular complexity index is 262. The summed E-state index contributed by atoms with van der Waals surface area (Å²) in [6, 6.07) is 1.82. The summed E-state index contributed by atoms with van der Waals surface area (Å²) in [5.74, 6) is 0.852. The van der Waals surface area contributed by atoms with Crippen LogP contribution >= 0.6 is 0 Å². The Labute approximate surface area is 64.6 Å². The average Bonchev–Trinajstić information content (AvgIpc) is 2.04. The van der Waals surface area contributed by atoms with E-state index in [4.69, 9.17) is 4.74 Å². The summed E-state index contributed by atoms with van der Waals surface area (Å²) in [6.45, 7) is 0.400. The minimum atomic E-state index is -0.369. The fourth-order valence-corrected chi connectivity index (χ4v) is 1.21. The van der Waals surface area contributed by atoms with E-state index < -0.39 is 0 Å². The normalized spacial score (nSPS) is 22.1. The first-order valence-corrected chi connectivity index (χ1v) is 3.60. The lowest BCUT2D eigenvalue weighted by atomic mass is 10.1. The first-order valence-electron chi connectivity index (χ1n) is 3.60. The van der Waals surface area contributed by atoms with Gasteiger partial charge in [-0.05, 0) is 6.07 Å². The summed E-state index contributed by atoms with van der Waals surface area (Å²) in [7, 11) is 0. The van der Waals surface area contributed by atoms with E-state index >= 15 is 0 Å². The summed E-state index contributed by atoms with van der Waals surface area (Å²) in [5, 5.41) is 9.20. The number of aliphatic hydroxyl groups is 1. The van der Waals surface area contributed by atoms with Crippen LogP contribution in [0.5, 0.6) is 5.75 Å². The second kappa shape index (κ2) is 2.51. The van der Waals surface area contributed by atoms with Gasteiger partial charge in [0, 0.05) is 24.4 Å². The van der Waals surface area contributed by atoms with Crippen molar-refractivity contribution in [1.82, 2.24) is 4.98 Å². The molecule has 11 heavy (non-hydrogen) atoms.